The zero-order valence-electron chi connectivity index (χ0n) is 8.70. The number of ether oxygens (including phenoxy) is 1. The first-order valence-electron chi connectivity index (χ1n) is 4.83. The van der Waals surface area contributed by atoms with Crippen molar-refractivity contribution in [1.29, 1.82) is 0 Å². The van der Waals surface area contributed by atoms with Gasteiger partial charge < -0.3 is 9.72 Å². The summed E-state index contributed by atoms with van der Waals surface area (Å²) in [7, 11) is 0. The van der Waals surface area contributed by atoms with E-state index in [0.29, 0.717) is 12.3 Å². The van der Waals surface area contributed by atoms with Crippen molar-refractivity contribution in [3.8, 4) is 0 Å². The predicted molar refractivity (Wildman–Crippen MR) is 56.8 cm³/mol. The maximum Gasteiger partial charge on any atom is 0.354 e. The minimum atomic E-state index is -0.326. The second-order valence-corrected chi connectivity index (χ2v) is 3.32. The number of nitrogens with zero attached hydrogens (tertiary/aromatic N) is 1. The van der Waals surface area contributed by atoms with E-state index in [9.17, 15) is 4.79 Å². The Morgan fingerprint density at radius 3 is 3.00 bits per heavy atom. The van der Waals surface area contributed by atoms with Crippen molar-refractivity contribution in [2.24, 2.45) is 0 Å². The van der Waals surface area contributed by atoms with E-state index in [1.165, 1.54) is 0 Å². The molecule has 1 N–H and O–H groups in total. The van der Waals surface area contributed by atoms with Gasteiger partial charge in [-0.25, -0.2) is 4.79 Å². The average Bonchev–Trinajstić information content (AvgIpc) is 2.63. The minimum Gasteiger partial charge on any atom is -0.461 e. The smallest absolute Gasteiger partial charge is 0.354 e. The van der Waals surface area contributed by atoms with Gasteiger partial charge in [-0.05, 0) is 25.5 Å². The number of H-pyrrole nitrogens is 1. The van der Waals surface area contributed by atoms with Gasteiger partial charge in [0.2, 0.25) is 0 Å². The van der Waals surface area contributed by atoms with Crippen LogP contribution in [0.25, 0.3) is 10.9 Å². The molecule has 0 atom stereocenters. The minimum absolute atomic E-state index is 0.326. The summed E-state index contributed by atoms with van der Waals surface area (Å²) in [4.78, 5) is 18.5. The molecule has 0 spiro atoms. The molecule has 78 valence electrons. The Labute approximate surface area is 87.3 Å². The molecular formula is C11H12N2O2. The Kier molecular flexibility index (Phi) is 2.41. The van der Waals surface area contributed by atoms with E-state index in [-0.39, 0.29) is 5.97 Å². The molecule has 2 aromatic rings. The molecule has 4 heteroatoms. The van der Waals surface area contributed by atoms with Crippen molar-refractivity contribution >= 4 is 16.9 Å². The molecule has 0 bridgehead atoms. The normalized spacial score (nSPS) is 10.5. The average molecular weight is 204 g/mol. The van der Waals surface area contributed by atoms with Crippen LogP contribution in [0.1, 0.15) is 23.0 Å². The molecule has 4 nitrogen and oxygen atoms in total. The number of carbonyl (C=O) groups is 1. The third-order valence-corrected chi connectivity index (χ3v) is 2.22. The molecule has 2 rings (SSSR count). The van der Waals surface area contributed by atoms with Gasteiger partial charge in [0.15, 0.2) is 0 Å². The fourth-order valence-electron chi connectivity index (χ4n) is 1.51. The first kappa shape index (κ1) is 9.71. The molecule has 0 amide bonds. The van der Waals surface area contributed by atoms with Crippen LogP contribution < -0.4 is 0 Å². The summed E-state index contributed by atoms with van der Waals surface area (Å²) in [5.41, 5.74) is 2.43. The van der Waals surface area contributed by atoms with Gasteiger partial charge in [-0.2, -0.15) is 0 Å². The third-order valence-electron chi connectivity index (χ3n) is 2.22. The summed E-state index contributed by atoms with van der Waals surface area (Å²) in [5.74, 6) is -0.326. The number of aromatic amines is 1. The van der Waals surface area contributed by atoms with Gasteiger partial charge in [-0.1, -0.05) is 0 Å². The van der Waals surface area contributed by atoms with Crippen LogP contribution in [0.5, 0.6) is 0 Å². The summed E-state index contributed by atoms with van der Waals surface area (Å²) in [6, 6.07) is 1.76. The number of aromatic nitrogens is 2. The molecule has 0 unspecified atom stereocenters. The van der Waals surface area contributed by atoms with Crippen LogP contribution in [0.15, 0.2) is 18.5 Å². The summed E-state index contributed by atoms with van der Waals surface area (Å²) >= 11 is 0. The van der Waals surface area contributed by atoms with E-state index < -0.39 is 0 Å². The van der Waals surface area contributed by atoms with Gasteiger partial charge in [-0.3, -0.25) is 4.98 Å². The molecule has 0 saturated heterocycles. The fraction of sp³-hybridized carbons (Fsp3) is 0.273. The molecule has 0 saturated carbocycles. The number of hydrogen-bond donors (Lipinski definition) is 1. The van der Waals surface area contributed by atoms with E-state index in [1.54, 1.807) is 25.4 Å². The quantitative estimate of drug-likeness (QED) is 0.761. The first-order chi connectivity index (χ1) is 7.22. The van der Waals surface area contributed by atoms with Gasteiger partial charge in [-0.15, -0.1) is 0 Å². The number of carbonyl (C=O) groups excluding carboxylic acids is 1. The lowest BCUT2D eigenvalue weighted by Gasteiger charge is -1.97. The predicted octanol–water partition coefficient (Wildman–Crippen LogP) is 2.05. The van der Waals surface area contributed by atoms with E-state index in [4.69, 9.17) is 4.74 Å². The molecular weight excluding hydrogens is 192 g/mol. The summed E-state index contributed by atoms with van der Waals surface area (Å²) in [6.45, 7) is 4.11. The largest absolute Gasteiger partial charge is 0.461 e. The maximum absolute atomic E-state index is 11.5. The van der Waals surface area contributed by atoms with Crippen LogP contribution in [0, 0.1) is 6.92 Å². The van der Waals surface area contributed by atoms with Gasteiger partial charge >= 0.3 is 5.97 Å². The Balaban J connectivity index is 2.47. The number of esters is 1. The molecule has 0 aromatic carbocycles. The Bertz CT molecular complexity index is 502. The number of pyridine rings is 1. The lowest BCUT2D eigenvalue weighted by Crippen LogP contribution is -2.04. The highest BCUT2D eigenvalue weighted by atomic mass is 16.5. The molecule has 0 fully saturated rings. The van der Waals surface area contributed by atoms with Crippen LogP contribution in [0.4, 0.5) is 0 Å². The van der Waals surface area contributed by atoms with Crippen LogP contribution in [-0.4, -0.2) is 22.5 Å². The highest BCUT2D eigenvalue weighted by Gasteiger charge is 2.10. The molecule has 0 aliphatic rings. The van der Waals surface area contributed by atoms with E-state index in [2.05, 4.69) is 9.97 Å². The fourth-order valence-corrected chi connectivity index (χ4v) is 1.51. The number of fused-ring (bicyclic) bond motifs is 1. The van der Waals surface area contributed by atoms with Crippen molar-refractivity contribution in [3.63, 3.8) is 0 Å². The van der Waals surface area contributed by atoms with Gasteiger partial charge in [0.25, 0.3) is 0 Å². The summed E-state index contributed by atoms with van der Waals surface area (Å²) < 4.78 is 4.91. The molecule has 0 aliphatic heterocycles. The zero-order valence-corrected chi connectivity index (χ0v) is 8.70. The van der Waals surface area contributed by atoms with Gasteiger partial charge in [0.05, 0.1) is 12.1 Å². The maximum atomic E-state index is 11.5. The van der Waals surface area contributed by atoms with Crippen molar-refractivity contribution in [3.05, 3.63) is 29.7 Å². The molecule has 2 aromatic heterocycles. The van der Waals surface area contributed by atoms with Crippen LogP contribution in [0.3, 0.4) is 0 Å². The van der Waals surface area contributed by atoms with Gasteiger partial charge in [0, 0.05) is 17.8 Å². The third kappa shape index (κ3) is 1.70. The second kappa shape index (κ2) is 3.73. The topological polar surface area (TPSA) is 55.0 Å². The monoisotopic (exact) mass is 204 g/mol. The Hall–Kier alpha value is -1.84. The summed E-state index contributed by atoms with van der Waals surface area (Å²) in [6.07, 6.45) is 3.48. The molecule has 2 heterocycles. The zero-order chi connectivity index (χ0) is 10.8. The van der Waals surface area contributed by atoms with Crippen molar-refractivity contribution in [2.75, 3.05) is 6.61 Å². The van der Waals surface area contributed by atoms with Crippen LogP contribution >= 0.6 is 0 Å². The van der Waals surface area contributed by atoms with E-state index >= 15 is 0 Å². The van der Waals surface area contributed by atoms with Crippen molar-refractivity contribution in [2.45, 2.75) is 13.8 Å². The number of rotatable bonds is 2. The van der Waals surface area contributed by atoms with E-state index in [1.807, 2.05) is 6.92 Å². The van der Waals surface area contributed by atoms with E-state index in [0.717, 1.165) is 16.5 Å². The van der Waals surface area contributed by atoms with Gasteiger partial charge in [0.1, 0.15) is 5.69 Å². The number of aryl methyl sites for hydroxylation is 1. The Morgan fingerprint density at radius 2 is 2.33 bits per heavy atom. The lowest BCUT2D eigenvalue weighted by molar-refractivity contribution is 0.0520. The highest BCUT2D eigenvalue weighted by molar-refractivity contribution is 5.95. The molecule has 0 radical (unpaired) electrons. The summed E-state index contributed by atoms with van der Waals surface area (Å²) in [5, 5.41) is 0.929. The first-order valence-corrected chi connectivity index (χ1v) is 4.83. The number of hydrogen-bond acceptors (Lipinski definition) is 3. The molecule has 0 aliphatic carbocycles. The SMILES string of the molecule is CCOC(=O)c1cc2cncc(C)c2[nH]1. The Morgan fingerprint density at radius 1 is 1.53 bits per heavy atom. The lowest BCUT2D eigenvalue weighted by atomic mass is 10.2. The second-order valence-electron chi connectivity index (χ2n) is 3.32. The highest BCUT2D eigenvalue weighted by Crippen LogP contribution is 2.17. The van der Waals surface area contributed by atoms with Crippen LogP contribution in [-0.2, 0) is 4.74 Å². The van der Waals surface area contributed by atoms with Crippen molar-refractivity contribution in [1.82, 2.24) is 9.97 Å². The number of nitrogens with one attached hydrogen (secondary N) is 1. The van der Waals surface area contributed by atoms with Crippen molar-refractivity contribution < 1.29 is 9.53 Å². The standard InChI is InChI=1S/C11H12N2O2/c1-3-15-11(14)9-4-8-6-12-5-7(2)10(8)13-9/h4-6,13H,3H2,1-2H3. The molecule has 15 heavy (non-hydrogen) atoms. The van der Waals surface area contributed by atoms with Crippen LogP contribution in [0.2, 0.25) is 0 Å².